The van der Waals surface area contributed by atoms with Gasteiger partial charge in [-0.2, -0.15) is 0 Å². The summed E-state index contributed by atoms with van der Waals surface area (Å²) in [6, 6.07) is 13.8. The van der Waals surface area contributed by atoms with Crippen molar-refractivity contribution in [1.82, 2.24) is 5.43 Å². The molecular formula is C17H20N2O2. The van der Waals surface area contributed by atoms with E-state index in [1.54, 1.807) is 0 Å². The lowest BCUT2D eigenvalue weighted by Crippen LogP contribution is -2.31. The number of amides is 1. The molecule has 0 radical (unpaired) electrons. The van der Waals surface area contributed by atoms with Gasteiger partial charge >= 0.3 is 0 Å². The number of benzene rings is 2. The van der Waals surface area contributed by atoms with E-state index in [0.717, 1.165) is 16.9 Å². The van der Waals surface area contributed by atoms with Crippen molar-refractivity contribution in [2.24, 2.45) is 5.84 Å². The van der Waals surface area contributed by atoms with Crippen LogP contribution >= 0.6 is 0 Å². The number of carbonyl (C=O) groups excluding carboxylic acids is 1. The van der Waals surface area contributed by atoms with E-state index in [1.807, 2.05) is 50.2 Å². The predicted octanol–water partition coefficient (Wildman–Crippen LogP) is 2.41. The molecule has 0 atom stereocenters. The highest BCUT2D eigenvalue weighted by Crippen LogP contribution is 2.19. The second kappa shape index (κ2) is 6.90. The minimum Gasteiger partial charge on any atom is -0.489 e. The summed E-state index contributed by atoms with van der Waals surface area (Å²) in [7, 11) is 0. The largest absolute Gasteiger partial charge is 0.489 e. The molecule has 3 N–H and O–H groups in total. The molecule has 110 valence electrons. The fourth-order valence-corrected chi connectivity index (χ4v) is 2.27. The Hall–Kier alpha value is -2.33. The Morgan fingerprint density at radius 2 is 1.71 bits per heavy atom. The van der Waals surface area contributed by atoms with Gasteiger partial charge in [-0.25, -0.2) is 5.84 Å². The van der Waals surface area contributed by atoms with Crippen molar-refractivity contribution < 1.29 is 9.53 Å². The minimum atomic E-state index is -0.214. The van der Waals surface area contributed by atoms with Crippen molar-refractivity contribution in [2.75, 3.05) is 0 Å². The molecule has 1 amide bonds. The quantitative estimate of drug-likeness (QED) is 0.503. The van der Waals surface area contributed by atoms with Gasteiger partial charge < -0.3 is 4.74 Å². The van der Waals surface area contributed by atoms with Crippen LogP contribution in [-0.4, -0.2) is 5.91 Å². The van der Waals surface area contributed by atoms with Crippen molar-refractivity contribution in [3.05, 3.63) is 64.7 Å². The average Bonchev–Trinajstić information content (AvgIpc) is 2.45. The number of carbonyl (C=O) groups is 1. The zero-order valence-corrected chi connectivity index (χ0v) is 12.3. The minimum absolute atomic E-state index is 0.214. The molecule has 0 unspecified atom stereocenters. The molecule has 0 heterocycles. The molecule has 0 fully saturated rings. The fraction of sp³-hybridized carbons (Fsp3) is 0.235. The first-order valence-electron chi connectivity index (χ1n) is 6.86. The third-order valence-corrected chi connectivity index (χ3v) is 3.22. The number of ether oxygens (including phenoxy) is 1. The third kappa shape index (κ3) is 4.33. The molecule has 4 heteroatoms. The molecule has 0 aromatic heterocycles. The van der Waals surface area contributed by atoms with Gasteiger partial charge in [0.2, 0.25) is 5.91 Å². The molecule has 0 aliphatic heterocycles. The summed E-state index contributed by atoms with van der Waals surface area (Å²) in [6.07, 6.45) is 0.253. The van der Waals surface area contributed by atoms with E-state index in [1.165, 1.54) is 11.1 Å². The molecule has 0 spiro atoms. The highest BCUT2D eigenvalue weighted by molar-refractivity contribution is 5.78. The molecule has 2 aromatic rings. The van der Waals surface area contributed by atoms with E-state index in [0.29, 0.717) is 6.61 Å². The van der Waals surface area contributed by atoms with Gasteiger partial charge in [0.05, 0.1) is 6.42 Å². The van der Waals surface area contributed by atoms with Crippen LogP contribution in [0, 0.1) is 13.8 Å². The molecule has 4 nitrogen and oxygen atoms in total. The highest BCUT2D eigenvalue weighted by atomic mass is 16.5. The lowest BCUT2D eigenvalue weighted by atomic mass is 10.0. The second-order valence-corrected chi connectivity index (χ2v) is 5.13. The number of aryl methyl sites for hydroxylation is 2. The van der Waals surface area contributed by atoms with Gasteiger partial charge in [0.1, 0.15) is 12.4 Å². The van der Waals surface area contributed by atoms with Crippen LogP contribution in [0.15, 0.2) is 42.5 Å². The molecule has 0 saturated carbocycles. The summed E-state index contributed by atoms with van der Waals surface area (Å²) < 4.78 is 5.85. The standard InChI is InChI=1S/C17H20N2O2/c1-12-7-13(2)9-16(8-12)21-11-15-6-4-3-5-14(15)10-17(20)19-18/h3-9H,10-11,18H2,1-2H3,(H,19,20). The number of rotatable bonds is 5. The van der Waals surface area contributed by atoms with E-state index < -0.39 is 0 Å². The van der Waals surface area contributed by atoms with Crippen LogP contribution in [0.5, 0.6) is 5.75 Å². The zero-order valence-electron chi connectivity index (χ0n) is 12.3. The van der Waals surface area contributed by atoms with E-state index in [4.69, 9.17) is 10.6 Å². The van der Waals surface area contributed by atoms with Gasteiger partial charge in [0, 0.05) is 0 Å². The fourth-order valence-electron chi connectivity index (χ4n) is 2.27. The van der Waals surface area contributed by atoms with Crippen LogP contribution in [0.1, 0.15) is 22.3 Å². The molecular weight excluding hydrogens is 264 g/mol. The molecule has 2 aromatic carbocycles. The van der Waals surface area contributed by atoms with Gasteiger partial charge in [-0.15, -0.1) is 0 Å². The summed E-state index contributed by atoms with van der Waals surface area (Å²) in [4.78, 5) is 11.4. The van der Waals surface area contributed by atoms with Crippen LogP contribution in [0.25, 0.3) is 0 Å². The number of hydrogen-bond donors (Lipinski definition) is 2. The lowest BCUT2D eigenvalue weighted by molar-refractivity contribution is -0.120. The van der Waals surface area contributed by atoms with Gasteiger partial charge in [0.15, 0.2) is 0 Å². The maximum atomic E-state index is 11.4. The molecule has 0 bridgehead atoms. The zero-order chi connectivity index (χ0) is 15.2. The first-order valence-corrected chi connectivity index (χ1v) is 6.86. The van der Waals surface area contributed by atoms with Gasteiger partial charge in [-0.1, -0.05) is 30.3 Å². The Bertz CT molecular complexity index is 618. The van der Waals surface area contributed by atoms with Crippen LogP contribution < -0.4 is 16.0 Å². The Labute approximate surface area is 124 Å². The number of nitrogens with one attached hydrogen (secondary N) is 1. The number of hydrazine groups is 1. The van der Waals surface area contributed by atoms with Crippen molar-refractivity contribution in [3.63, 3.8) is 0 Å². The highest BCUT2D eigenvalue weighted by Gasteiger charge is 2.07. The molecule has 0 saturated heterocycles. The Kier molecular flexibility index (Phi) is 4.95. The predicted molar refractivity (Wildman–Crippen MR) is 82.7 cm³/mol. The first kappa shape index (κ1) is 15.1. The van der Waals surface area contributed by atoms with Crippen LogP contribution in [0.2, 0.25) is 0 Å². The Morgan fingerprint density at radius 3 is 2.33 bits per heavy atom. The van der Waals surface area contributed by atoms with Crippen molar-refractivity contribution in [2.45, 2.75) is 26.9 Å². The molecule has 2 rings (SSSR count). The van der Waals surface area contributed by atoms with E-state index in [2.05, 4.69) is 11.5 Å². The van der Waals surface area contributed by atoms with Gasteiger partial charge in [-0.05, 0) is 48.2 Å². The summed E-state index contributed by atoms with van der Waals surface area (Å²) in [5.41, 5.74) is 6.39. The molecule has 21 heavy (non-hydrogen) atoms. The third-order valence-electron chi connectivity index (χ3n) is 3.22. The van der Waals surface area contributed by atoms with Gasteiger partial charge in [0.25, 0.3) is 0 Å². The van der Waals surface area contributed by atoms with E-state index in [-0.39, 0.29) is 12.3 Å². The molecule has 0 aliphatic carbocycles. The van der Waals surface area contributed by atoms with E-state index in [9.17, 15) is 4.79 Å². The second-order valence-electron chi connectivity index (χ2n) is 5.13. The maximum absolute atomic E-state index is 11.4. The average molecular weight is 284 g/mol. The van der Waals surface area contributed by atoms with Crippen LogP contribution in [-0.2, 0) is 17.8 Å². The van der Waals surface area contributed by atoms with Crippen LogP contribution in [0.3, 0.4) is 0 Å². The number of hydrogen-bond acceptors (Lipinski definition) is 3. The lowest BCUT2D eigenvalue weighted by Gasteiger charge is -2.11. The smallest absolute Gasteiger partial charge is 0.238 e. The summed E-state index contributed by atoms with van der Waals surface area (Å²) in [5, 5.41) is 0. The monoisotopic (exact) mass is 284 g/mol. The maximum Gasteiger partial charge on any atom is 0.238 e. The first-order chi connectivity index (χ1) is 10.1. The van der Waals surface area contributed by atoms with Crippen LogP contribution in [0.4, 0.5) is 0 Å². The summed E-state index contributed by atoms with van der Waals surface area (Å²) >= 11 is 0. The summed E-state index contributed by atoms with van der Waals surface area (Å²) in [6.45, 7) is 4.51. The summed E-state index contributed by atoms with van der Waals surface area (Å²) in [5.74, 6) is 5.76. The normalized spacial score (nSPS) is 10.2. The Balaban J connectivity index is 2.10. The van der Waals surface area contributed by atoms with Crippen molar-refractivity contribution in [3.8, 4) is 5.75 Å². The Morgan fingerprint density at radius 1 is 1.10 bits per heavy atom. The molecule has 0 aliphatic rings. The van der Waals surface area contributed by atoms with Crippen molar-refractivity contribution >= 4 is 5.91 Å². The van der Waals surface area contributed by atoms with E-state index >= 15 is 0 Å². The number of nitrogens with two attached hydrogens (primary N) is 1. The van der Waals surface area contributed by atoms with Gasteiger partial charge in [-0.3, -0.25) is 10.2 Å². The topological polar surface area (TPSA) is 64.3 Å². The van der Waals surface area contributed by atoms with Crippen molar-refractivity contribution in [1.29, 1.82) is 0 Å². The SMILES string of the molecule is Cc1cc(C)cc(OCc2ccccc2CC(=O)NN)c1.